The number of hydrogen-bond acceptors (Lipinski definition) is 4. The lowest BCUT2D eigenvalue weighted by atomic mass is 10.2. The summed E-state index contributed by atoms with van der Waals surface area (Å²) in [6, 6.07) is 12.0. The molecule has 0 unspecified atom stereocenters. The van der Waals surface area contributed by atoms with E-state index in [4.69, 9.17) is 9.47 Å². The van der Waals surface area contributed by atoms with Gasteiger partial charge in [-0.1, -0.05) is 6.07 Å². The van der Waals surface area contributed by atoms with Gasteiger partial charge in [0.1, 0.15) is 11.5 Å². The molecule has 0 aromatic heterocycles. The zero-order chi connectivity index (χ0) is 17.7. The standard InChI is InChI=1S/C18H23NO4S/c1-5-19(15-8-7-9-16(13-15)23-6-2)24(20,21)17-10-11-18(22-4)14(3)12-17/h7-13H,5-6H2,1-4H3. The molecule has 5 nitrogen and oxygen atoms in total. The minimum absolute atomic E-state index is 0.240. The fourth-order valence-corrected chi connectivity index (χ4v) is 4.08. The maximum absolute atomic E-state index is 13.0. The van der Waals surface area contributed by atoms with Gasteiger partial charge in [-0.15, -0.1) is 0 Å². The molecule has 2 aromatic carbocycles. The Labute approximate surface area is 143 Å². The summed E-state index contributed by atoms with van der Waals surface area (Å²) in [7, 11) is -2.10. The van der Waals surface area contributed by atoms with Crippen LogP contribution in [0.2, 0.25) is 0 Å². The second-order valence-electron chi connectivity index (χ2n) is 5.23. The average molecular weight is 349 g/mol. The summed E-state index contributed by atoms with van der Waals surface area (Å²) in [6.07, 6.45) is 0. The second-order valence-corrected chi connectivity index (χ2v) is 7.09. The molecule has 0 spiro atoms. The van der Waals surface area contributed by atoms with E-state index in [0.29, 0.717) is 30.3 Å². The number of benzene rings is 2. The van der Waals surface area contributed by atoms with Crippen molar-refractivity contribution in [3.05, 3.63) is 48.0 Å². The van der Waals surface area contributed by atoms with Crippen LogP contribution in [-0.4, -0.2) is 28.7 Å². The van der Waals surface area contributed by atoms with Crippen LogP contribution in [0.5, 0.6) is 11.5 Å². The number of rotatable bonds is 7. The first-order valence-electron chi connectivity index (χ1n) is 7.84. The summed E-state index contributed by atoms with van der Waals surface area (Å²) in [5.74, 6) is 1.31. The normalized spacial score (nSPS) is 11.2. The molecule has 2 aromatic rings. The molecule has 0 saturated carbocycles. The van der Waals surface area contributed by atoms with Crippen LogP contribution in [0.4, 0.5) is 5.69 Å². The maximum atomic E-state index is 13.0. The van der Waals surface area contributed by atoms with E-state index in [1.54, 1.807) is 50.4 Å². The molecular weight excluding hydrogens is 326 g/mol. The summed E-state index contributed by atoms with van der Waals surface area (Å²) >= 11 is 0. The van der Waals surface area contributed by atoms with Gasteiger partial charge in [0.25, 0.3) is 10.0 Å². The summed E-state index contributed by atoms with van der Waals surface area (Å²) in [5, 5.41) is 0. The first-order valence-corrected chi connectivity index (χ1v) is 9.28. The van der Waals surface area contributed by atoms with Crippen LogP contribution in [0.1, 0.15) is 19.4 Å². The molecule has 0 aliphatic carbocycles. The topological polar surface area (TPSA) is 55.8 Å². The minimum Gasteiger partial charge on any atom is -0.496 e. The van der Waals surface area contributed by atoms with Gasteiger partial charge in [-0.3, -0.25) is 4.31 Å². The molecule has 0 N–H and O–H groups in total. The number of hydrogen-bond donors (Lipinski definition) is 0. The van der Waals surface area contributed by atoms with Crippen molar-refractivity contribution in [2.45, 2.75) is 25.7 Å². The Bertz CT molecular complexity index is 802. The lowest BCUT2D eigenvalue weighted by Crippen LogP contribution is -2.30. The van der Waals surface area contributed by atoms with E-state index in [9.17, 15) is 8.42 Å². The van der Waals surface area contributed by atoms with E-state index in [1.807, 2.05) is 19.9 Å². The van der Waals surface area contributed by atoms with E-state index in [2.05, 4.69) is 0 Å². The van der Waals surface area contributed by atoms with Crippen LogP contribution < -0.4 is 13.8 Å². The van der Waals surface area contributed by atoms with Crippen molar-refractivity contribution in [2.24, 2.45) is 0 Å². The number of anilines is 1. The first kappa shape index (κ1) is 18.1. The quantitative estimate of drug-likeness (QED) is 0.766. The van der Waals surface area contributed by atoms with Gasteiger partial charge in [-0.25, -0.2) is 8.42 Å². The zero-order valence-corrected chi connectivity index (χ0v) is 15.3. The molecule has 0 aliphatic heterocycles. The van der Waals surface area contributed by atoms with Crippen molar-refractivity contribution < 1.29 is 17.9 Å². The lowest BCUT2D eigenvalue weighted by Gasteiger charge is -2.23. The smallest absolute Gasteiger partial charge is 0.264 e. The van der Waals surface area contributed by atoms with Gasteiger partial charge in [-0.2, -0.15) is 0 Å². The maximum Gasteiger partial charge on any atom is 0.264 e. The molecule has 0 saturated heterocycles. The predicted molar refractivity (Wildman–Crippen MR) is 95.5 cm³/mol. The monoisotopic (exact) mass is 349 g/mol. The van der Waals surface area contributed by atoms with E-state index in [1.165, 1.54) is 4.31 Å². The third-order valence-electron chi connectivity index (χ3n) is 3.66. The molecule has 0 radical (unpaired) electrons. The zero-order valence-electron chi connectivity index (χ0n) is 14.4. The van der Waals surface area contributed by atoms with Gasteiger partial charge in [0.2, 0.25) is 0 Å². The van der Waals surface area contributed by atoms with Crippen molar-refractivity contribution in [2.75, 3.05) is 24.6 Å². The van der Waals surface area contributed by atoms with Gasteiger partial charge in [0.15, 0.2) is 0 Å². The van der Waals surface area contributed by atoms with Crippen molar-refractivity contribution in [1.82, 2.24) is 0 Å². The minimum atomic E-state index is -3.66. The Morgan fingerprint density at radius 2 is 1.83 bits per heavy atom. The van der Waals surface area contributed by atoms with Gasteiger partial charge < -0.3 is 9.47 Å². The SMILES string of the molecule is CCOc1cccc(N(CC)S(=O)(=O)c2ccc(OC)c(C)c2)c1. The van der Waals surface area contributed by atoms with Crippen molar-refractivity contribution in [3.8, 4) is 11.5 Å². The Balaban J connectivity index is 2.45. The van der Waals surface area contributed by atoms with E-state index in [0.717, 1.165) is 5.56 Å². The third-order valence-corrected chi connectivity index (χ3v) is 5.56. The molecule has 0 atom stereocenters. The summed E-state index contributed by atoms with van der Waals surface area (Å²) in [4.78, 5) is 0.240. The van der Waals surface area contributed by atoms with E-state index < -0.39 is 10.0 Å². The molecule has 0 aliphatic rings. The second kappa shape index (κ2) is 7.57. The van der Waals surface area contributed by atoms with Gasteiger partial charge >= 0.3 is 0 Å². The highest BCUT2D eigenvalue weighted by atomic mass is 32.2. The highest BCUT2D eigenvalue weighted by Crippen LogP contribution is 2.29. The van der Waals surface area contributed by atoms with Crippen molar-refractivity contribution in [3.63, 3.8) is 0 Å². The molecule has 0 bridgehead atoms. The summed E-state index contributed by atoms with van der Waals surface area (Å²) in [5.41, 5.74) is 1.36. The number of ether oxygens (including phenoxy) is 2. The fraction of sp³-hybridized carbons (Fsp3) is 0.333. The van der Waals surface area contributed by atoms with Gasteiger partial charge in [0, 0.05) is 12.6 Å². The highest BCUT2D eigenvalue weighted by molar-refractivity contribution is 7.92. The molecule has 24 heavy (non-hydrogen) atoms. The highest BCUT2D eigenvalue weighted by Gasteiger charge is 2.24. The average Bonchev–Trinajstić information content (AvgIpc) is 2.56. The number of methoxy groups -OCH3 is 1. The van der Waals surface area contributed by atoms with Crippen LogP contribution >= 0.6 is 0 Å². The van der Waals surface area contributed by atoms with Crippen molar-refractivity contribution >= 4 is 15.7 Å². The van der Waals surface area contributed by atoms with Crippen LogP contribution in [0.15, 0.2) is 47.4 Å². The molecule has 6 heteroatoms. The Morgan fingerprint density at radius 3 is 2.42 bits per heavy atom. The number of sulfonamides is 1. The molecule has 2 rings (SSSR count). The third kappa shape index (κ3) is 3.64. The summed E-state index contributed by atoms with van der Waals surface area (Å²) < 4.78 is 38.1. The molecule has 0 fully saturated rings. The Morgan fingerprint density at radius 1 is 1.08 bits per heavy atom. The Kier molecular flexibility index (Phi) is 5.72. The van der Waals surface area contributed by atoms with Crippen molar-refractivity contribution in [1.29, 1.82) is 0 Å². The van der Waals surface area contributed by atoms with Gasteiger partial charge in [0.05, 0.1) is 24.3 Å². The largest absolute Gasteiger partial charge is 0.496 e. The predicted octanol–water partition coefficient (Wildman–Crippen LogP) is 3.62. The Hall–Kier alpha value is -2.21. The van der Waals surface area contributed by atoms with Crippen LogP contribution in [0.3, 0.4) is 0 Å². The number of nitrogens with zero attached hydrogens (tertiary/aromatic N) is 1. The van der Waals surface area contributed by atoms with Gasteiger partial charge in [-0.05, 0) is 56.7 Å². The van der Waals surface area contributed by atoms with Crippen LogP contribution in [-0.2, 0) is 10.0 Å². The fourth-order valence-electron chi connectivity index (χ4n) is 2.53. The van der Waals surface area contributed by atoms with E-state index >= 15 is 0 Å². The number of aryl methyl sites for hydroxylation is 1. The van der Waals surface area contributed by atoms with Crippen LogP contribution in [0.25, 0.3) is 0 Å². The molecule has 0 amide bonds. The molecule has 130 valence electrons. The lowest BCUT2D eigenvalue weighted by molar-refractivity contribution is 0.340. The first-order chi connectivity index (χ1) is 11.4. The summed E-state index contributed by atoms with van der Waals surface area (Å²) in [6.45, 7) is 6.37. The van der Waals surface area contributed by atoms with E-state index in [-0.39, 0.29) is 4.90 Å². The van der Waals surface area contributed by atoms with Crippen LogP contribution in [0, 0.1) is 6.92 Å². The molecular formula is C18H23NO4S. The molecule has 0 heterocycles.